The van der Waals surface area contributed by atoms with Crippen LogP contribution in [-0.2, 0) is 6.54 Å². The number of benzene rings is 3. The van der Waals surface area contributed by atoms with Gasteiger partial charge in [-0.25, -0.2) is 4.39 Å². The van der Waals surface area contributed by atoms with Gasteiger partial charge in [-0.2, -0.15) is 0 Å². The van der Waals surface area contributed by atoms with Gasteiger partial charge in [0.05, 0.1) is 5.02 Å². The molecule has 29 heavy (non-hydrogen) atoms. The van der Waals surface area contributed by atoms with E-state index >= 15 is 0 Å². The van der Waals surface area contributed by atoms with Gasteiger partial charge in [0, 0.05) is 23.4 Å². The third-order valence-electron chi connectivity index (χ3n) is 5.07. The van der Waals surface area contributed by atoms with Crippen molar-refractivity contribution in [1.29, 1.82) is 0 Å². The number of hydrogen-bond acceptors (Lipinski definition) is 4. The second-order valence-electron chi connectivity index (χ2n) is 6.88. The first kappa shape index (κ1) is 17.8. The number of rotatable bonds is 4. The van der Waals surface area contributed by atoms with E-state index in [2.05, 4.69) is 5.32 Å². The summed E-state index contributed by atoms with van der Waals surface area (Å²) in [6.07, 6.45) is -0.411. The molecule has 0 fully saturated rings. The minimum atomic E-state index is -0.489. The molecule has 0 spiro atoms. The molecule has 0 bridgehead atoms. The van der Waals surface area contributed by atoms with E-state index in [9.17, 15) is 9.18 Å². The van der Waals surface area contributed by atoms with Crippen molar-refractivity contribution in [1.82, 2.24) is 4.90 Å². The molecule has 2 aliphatic rings. The van der Waals surface area contributed by atoms with Gasteiger partial charge in [-0.1, -0.05) is 35.9 Å². The molecule has 2 heterocycles. The minimum absolute atomic E-state index is 0.0231. The highest BCUT2D eigenvalue weighted by Crippen LogP contribution is 2.38. The molecular weight excluding hydrogens is 395 g/mol. The zero-order chi connectivity index (χ0) is 20.0. The average molecular weight is 411 g/mol. The topological polar surface area (TPSA) is 50.8 Å². The predicted octanol–water partition coefficient (Wildman–Crippen LogP) is 4.97. The molecular formula is C22H16ClFN2O3. The highest BCUT2D eigenvalue weighted by atomic mass is 35.5. The number of nitrogens with one attached hydrogen (secondary N) is 1. The van der Waals surface area contributed by atoms with E-state index in [1.807, 2.05) is 42.5 Å². The Morgan fingerprint density at radius 3 is 2.76 bits per heavy atom. The maximum atomic E-state index is 13.5. The van der Waals surface area contributed by atoms with Crippen LogP contribution in [-0.4, -0.2) is 17.6 Å². The summed E-state index contributed by atoms with van der Waals surface area (Å²) in [7, 11) is 0. The summed E-state index contributed by atoms with van der Waals surface area (Å²) in [6.45, 7) is 0.569. The van der Waals surface area contributed by atoms with Gasteiger partial charge in [0.15, 0.2) is 11.5 Å². The molecule has 0 unspecified atom stereocenters. The fraction of sp³-hybridized carbons (Fsp3) is 0.136. The number of amides is 1. The molecule has 2 aliphatic heterocycles. The molecule has 146 valence electrons. The Hall–Kier alpha value is -3.25. The average Bonchev–Trinajstić information content (AvgIpc) is 3.29. The van der Waals surface area contributed by atoms with Crippen molar-refractivity contribution in [2.24, 2.45) is 0 Å². The smallest absolute Gasteiger partial charge is 0.256 e. The molecule has 3 aromatic carbocycles. The normalized spacial score (nSPS) is 16.8. The molecule has 0 aliphatic carbocycles. The van der Waals surface area contributed by atoms with Gasteiger partial charge in [-0.15, -0.1) is 0 Å². The van der Waals surface area contributed by atoms with E-state index in [1.54, 1.807) is 11.0 Å². The zero-order valence-electron chi connectivity index (χ0n) is 15.2. The lowest BCUT2D eigenvalue weighted by atomic mass is 10.1. The Morgan fingerprint density at radius 1 is 1.07 bits per heavy atom. The fourth-order valence-electron chi connectivity index (χ4n) is 3.67. The van der Waals surface area contributed by atoms with Gasteiger partial charge in [-0.05, 0) is 42.0 Å². The summed E-state index contributed by atoms with van der Waals surface area (Å²) >= 11 is 5.93. The maximum absolute atomic E-state index is 13.5. The predicted molar refractivity (Wildman–Crippen MR) is 107 cm³/mol. The van der Waals surface area contributed by atoms with Crippen LogP contribution in [0.4, 0.5) is 10.1 Å². The van der Waals surface area contributed by atoms with Gasteiger partial charge < -0.3 is 19.7 Å². The van der Waals surface area contributed by atoms with Crippen molar-refractivity contribution >= 4 is 23.2 Å². The molecule has 0 radical (unpaired) electrons. The number of fused-ring (bicyclic) bond motifs is 2. The number of halogens is 2. The zero-order valence-corrected chi connectivity index (χ0v) is 15.9. The number of hydrogen-bond donors (Lipinski definition) is 1. The summed E-state index contributed by atoms with van der Waals surface area (Å²) in [6, 6.07) is 17.5. The summed E-state index contributed by atoms with van der Waals surface area (Å²) in [4.78, 5) is 14.8. The van der Waals surface area contributed by atoms with Gasteiger partial charge in [0.25, 0.3) is 5.91 Å². The van der Waals surface area contributed by atoms with E-state index < -0.39 is 12.0 Å². The van der Waals surface area contributed by atoms with E-state index in [0.717, 1.165) is 11.1 Å². The van der Waals surface area contributed by atoms with Crippen LogP contribution < -0.4 is 14.8 Å². The monoisotopic (exact) mass is 410 g/mol. The second-order valence-corrected chi connectivity index (χ2v) is 7.29. The van der Waals surface area contributed by atoms with E-state index in [0.29, 0.717) is 29.3 Å². The first-order chi connectivity index (χ1) is 14.1. The van der Waals surface area contributed by atoms with Crippen LogP contribution in [0.5, 0.6) is 11.5 Å². The highest BCUT2D eigenvalue weighted by molar-refractivity contribution is 6.31. The van der Waals surface area contributed by atoms with Gasteiger partial charge >= 0.3 is 0 Å². The summed E-state index contributed by atoms with van der Waals surface area (Å²) in [5, 5.41) is 3.34. The van der Waals surface area contributed by atoms with E-state index in [4.69, 9.17) is 21.1 Å². The molecule has 5 rings (SSSR count). The molecule has 3 aromatic rings. The quantitative estimate of drug-likeness (QED) is 0.659. The largest absolute Gasteiger partial charge is 0.454 e. The number of nitrogens with zero attached hydrogens (tertiary/aromatic N) is 1. The molecule has 0 saturated carbocycles. The summed E-state index contributed by atoms with van der Waals surface area (Å²) in [5.41, 5.74) is 3.04. The standard InChI is InChI=1S/C22H16ClFN2O3/c23-17-10-14(6-7-18(17)24)25-21-15-3-1-2-4-16(15)22(27)26(21)11-13-5-8-19-20(9-13)29-12-28-19/h1-10,21,25H,11-12H2/t21-/m0/s1. The summed E-state index contributed by atoms with van der Waals surface area (Å²) < 4.78 is 24.3. The Morgan fingerprint density at radius 2 is 1.90 bits per heavy atom. The number of ether oxygens (including phenoxy) is 2. The first-order valence-corrected chi connectivity index (χ1v) is 9.48. The van der Waals surface area contributed by atoms with Crippen molar-refractivity contribution in [2.45, 2.75) is 12.7 Å². The van der Waals surface area contributed by atoms with E-state index in [1.165, 1.54) is 12.1 Å². The van der Waals surface area contributed by atoms with Crippen LogP contribution in [0.15, 0.2) is 60.7 Å². The van der Waals surface area contributed by atoms with Crippen molar-refractivity contribution in [3.05, 3.63) is 88.2 Å². The number of anilines is 1. The molecule has 1 amide bonds. The van der Waals surface area contributed by atoms with Crippen LogP contribution in [0.25, 0.3) is 0 Å². The van der Waals surface area contributed by atoms with Crippen molar-refractivity contribution in [3.63, 3.8) is 0 Å². The van der Waals surface area contributed by atoms with Crippen molar-refractivity contribution in [3.8, 4) is 11.5 Å². The Bertz CT molecular complexity index is 1120. The SMILES string of the molecule is O=C1c2ccccc2[C@@H](Nc2ccc(F)c(Cl)c2)N1Cc1ccc2c(c1)OCO2. The lowest BCUT2D eigenvalue weighted by Gasteiger charge is -2.27. The summed E-state index contributed by atoms with van der Waals surface area (Å²) in [5.74, 6) is 0.795. The number of carbonyl (C=O) groups excluding carboxylic acids is 1. The van der Waals surface area contributed by atoms with Crippen LogP contribution in [0.3, 0.4) is 0 Å². The minimum Gasteiger partial charge on any atom is -0.454 e. The van der Waals surface area contributed by atoms with Crippen LogP contribution in [0, 0.1) is 5.82 Å². The lowest BCUT2D eigenvalue weighted by molar-refractivity contribution is 0.0728. The maximum Gasteiger partial charge on any atom is 0.256 e. The number of carbonyl (C=O) groups is 1. The third kappa shape index (κ3) is 3.15. The van der Waals surface area contributed by atoms with Gasteiger partial charge in [-0.3, -0.25) is 4.79 Å². The molecule has 0 saturated heterocycles. The van der Waals surface area contributed by atoms with Crippen LogP contribution in [0.1, 0.15) is 27.7 Å². The molecule has 1 atom stereocenters. The second kappa shape index (κ2) is 6.97. The van der Waals surface area contributed by atoms with Crippen molar-refractivity contribution < 1.29 is 18.7 Å². The van der Waals surface area contributed by atoms with Crippen LogP contribution >= 0.6 is 11.6 Å². The first-order valence-electron chi connectivity index (χ1n) is 9.10. The fourth-order valence-corrected chi connectivity index (χ4v) is 3.85. The molecule has 1 N–H and O–H groups in total. The van der Waals surface area contributed by atoms with Crippen molar-refractivity contribution in [2.75, 3.05) is 12.1 Å². The van der Waals surface area contributed by atoms with Gasteiger partial charge in [0.1, 0.15) is 12.0 Å². The van der Waals surface area contributed by atoms with Gasteiger partial charge in [0.2, 0.25) is 6.79 Å². The molecule has 7 heteroatoms. The third-order valence-corrected chi connectivity index (χ3v) is 5.36. The van der Waals surface area contributed by atoms with E-state index in [-0.39, 0.29) is 17.7 Å². The Balaban J connectivity index is 1.48. The molecule has 0 aromatic heterocycles. The Labute approximate surface area is 171 Å². The highest BCUT2D eigenvalue weighted by Gasteiger charge is 2.36. The van der Waals surface area contributed by atoms with Crippen LogP contribution in [0.2, 0.25) is 5.02 Å². The lowest BCUT2D eigenvalue weighted by Crippen LogP contribution is -2.31. The molecule has 5 nitrogen and oxygen atoms in total. The Kier molecular flexibility index (Phi) is 4.28.